The molecule has 0 aliphatic rings. The first kappa shape index (κ1) is 19.6. The highest BCUT2D eigenvalue weighted by Crippen LogP contribution is 2.24. The Morgan fingerprint density at radius 2 is 1.82 bits per heavy atom. The number of rotatable bonds is 7. The molecule has 0 bridgehead atoms. The number of carbonyl (C=O) groups excluding carboxylic acids is 1. The minimum absolute atomic E-state index is 0.0868. The van der Waals surface area contributed by atoms with Crippen molar-refractivity contribution in [1.82, 2.24) is 10.1 Å². The fourth-order valence-electron chi connectivity index (χ4n) is 2.60. The summed E-state index contributed by atoms with van der Waals surface area (Å²) in [5.41, 5.74) is 2.73. The highest BCUT2D eigenvalue weighted by molar-refractivity contribution is 5.91. The molecule has 0 radical (unpaired) electrons. The van der Waals surface area contributed by atoms with Crippen LogP contribution in [0.25, 0.3) is 11.5 Å². The summed E-state index contributed by atoms with van der Waals surface area (Å²) in [6, 6.07) is 15.1. The van der Waals surface area contributed by atoms with E-state index in [1.54, 1.807) is 12.1 Å². The summed E-state index contributed by atoms with van der Waals surface area (Å²) in [6.07, 6.45) is 0. The molecular formula is C22H25N3O3. The van der Waals surface area contributed by atoms with Crippen LogP contribution in [0.15, 0.2) is 53.1 Å². The smallest absolute Gasteiger partial charge is 0.262 e. The summed E-state index contributed by atoms with van der Waals surface area (Å²) in [6.45, 7) is 8.18. The van der Waals surface area contributed by atoms with Crippen LogP contribution in [0.1, 0.15) is 50.9 Å². The van der Waals surface area contributed by atoms with Gasteiger partial charge in [-0.15, -0.1) is 0 Å². The molecule has 1 amide bonds. The highest BCUT2D eigenvalue weighted by Gasteiger charge is 2.12. The number of ether oxygens (including phenoxy) is 1. The Hall–Kier alpha value is -3.15. The molecule has 0 fully saturated rings. The summed E-state index contributed by atoms with van der Waals surface area (Å²) < 4.78 is 10.9. The molecule has 0 aliphatic carbocycles. The number of carbonyl (C=O) groups is 1. The lowest BCUT2D eigenvalue weighted by atomic mass is 10.0. The first-order valence-electron chi connectivity index (χ1n) is 9.39. The van der Waals surface area contributed by atoms with E-state index < -0.39 is 0 Å². The molecule has 6 heteroatoms. The summed E-state index contributed by atoms with van der Waals surface area (Å²) in [4.78, 5) is 16.5. The molecule has 146 valence electrons. The number of hydrogen-bond acceptors (Lipinski definition) is 5. The van der Waals surface area contributed by atoms with Gasteiger partial charge in [-0.3, -0.25) is 4.79 Å². The Morgan fingerprint density at radius 3 is 2.46 bits per heavy atom. The van der Waals surface area contributed by atoms with Crippen LogP contribution >= 0.6 is 0 Å². The average molecular weight is 379 g/mol. The van der Waals surface area contributed by atoms with E-state index in [9.17, 15) is 4.79 Å². The Kier molecular flexibility index (Phi) is 6.09. The Bertz CT molecular complexity index is 930. The first-order valence-corrected chi connectivity index (χ1v) is 9.39. The molecule has 1 heterocycles. The number of hydrogen-bond donors (Lipinski definition) is 1. The van der Waals surface area contributed by atoms with E-state index in [2.05, 4.69) is 29.3 Å². The third kappa shape index (κ3) is 4.97. The zero-order valence-corrected chi connectivity index (χ0v) is 16.6. The zero-order chi connectivity index (χ0) is 20.1. The molecule has 2 aromatic carbocycles. The van der Waals surface area contributed by atoms with Crippen LogP contribution in [0.3, 0.4) is 0 Å². The minimum atomic E-state index is -0.220. The monoisotopic (exact) mass is 379 g/mol. The molecule has 0 atom stereocenters. The fourth-order valence-corrected chi connectivity index (χ4v) is 2.60. The number of aromatic nitrogens is 2. The van der Waals surface area contributed by atoms with E-state index in [1.807, 2.05) is 50.2 Å². The number of benzene rings is 2. The molecule has 3 aromatic rings. The van der Waals surface area contributed by atoms with Gasteiger partial charge in [0.1, 0.15) is 5.75 Å². The van der Waals surface area contributed by atoms with Gasteiger partial charge < -0.3 is 14.6 Å². The van der Waals surface area contributed by atoms with Crippen LogP contribution in [0.5, 0.6) is 5.75 Å². The molecule has 0 aliphatic heterocycles. The van der Waals surface area contributed by atoms with Gasteiger partial charge in [-0.1, -0.05) is 51.1 Å². The van der Waals surface area contributed by atoms with Crippen molar-refractivity contribution in [3.05, 3.63) is 59.9 Å². The topological polar surface area (TPSA) is 77.2 Å². The second-order valence-corrected chi connectivity index (χ2v) is 7.25. The minimum Gasteiger partial charge on any atom is -0.484 e. The van der Waals surface area contributed by atoms with E-state index in [0.29, 0.717) is 23.4 Å². The van der Waals surface area contributed by atoms with Gasteiger partial charge >= 0.3 is 0 Å². The number of amides is 1. The van der Waals surface area contributed by atoms with Gasteiger partial charge in [0.2, 0.25) is 0 Å². The normalized spacial score (nSPS) is 11.1. The molecule has 1 aromatic heterocycles. The van der Waals surface area contributed by atoms with Crippen LogP contribution in [-0.2, 0) is 4.79 Å². The summed E-state index contributed by atoms with van der Waals surface area (Å²) in [5.74, 6) is 2.08. The van der Waals surface area contributed by atoms with Gasteiger partial charge in [0.05, 0.1) is 0 Å². The van der Waals surface area contributed by atoms with Gasteiger partial charge in [-0.2, -0.15) is 4.98 Å². The van der Waals surface area contributed by atoms with Gasteiger partial charge in [0.25, 0.3) is 11.8 Å². The average Bonchev–Trinajstić information content (AvgIpc) is 3.18. The SMILES string of the molecule is CC(C)c1ccc(NC(=O)COc2cccc(-c3nc(C(C)C)no3)c2)cc1. The lowest BCUT2D eigenvalue weighted by molar-refractivity contribution is -0.118. The van der Waals surface area contributed by atoms with E-state index in [0.717, 1.165) is 11.3 Å². The fraction of sp³-hybridized carbons (Fsp3) is 0.318. The predicted molar refractivity (Wildman–Crippen MR) is 108 cm³/mol. The van der Waals surface area contributed by atoms with Crippen molar-refractivity contribution in [2.24, 2.45) is 0 Å². The Balaban J connectivity index is 1.58. The van der Waals surface area contributed by atoms with E-state index in [4.69, 9.17) is 9.26 Å². The van der Waals surface area contributed by atoms with Crippen LogP contribution in [0, 0.1) is 0 Å². The van der Waals surface area contributed by atoms with Crippen molar-refractivity contribution in [2.45, 2.75) is 39.5 Å². The Labute approximate surface area is 164 Å². The molecule has 0 saturated heterocycles. The van der Waals surface area contributed by atoms with Gasteiger partial charge in [-0.25, -0.2) is 0 Å². The summed E-state index contributed by atoms with van der Waals surface area (Å²) in [5, 5.41) is 6.80. The van der Waals surface area contributed by atoms with E-state index in [-0.39, 0.29) is 18.4 Å². The van der Waals surface area contributed by atoms with Gasteiger partial charge in [0, 0.05) is 17.2 Å². The van der Waals surface area contributed by atoms with Crippen LogP contribution in [-0.4, -0.2) is 22.7 Å². The third-order valence-corrected chi connectivity index (χ3v) is 4.27. The van der Waals surface area contributed by atoms with Crippen molar-refractivity contribution in [1.29, 1.82) is 0 Å². The quantitative estimate of drug-likeness (QED) is 0.625. The predicted octanol–water partition coefficient (Wildman–Crippen LogP) is 5.00. The highest BCUT2D eigenvalue weighted by atomic mass is 16.5. The lowest BCUT2D eigenvalue weighted by Gasteiger charge is -2.10. The zero-order valence-electron chi connectivity index (χ0n) is 16.6. The Morgan fingerprint density at radius 1 is 1.07 bits per heavy atom. The molecular weight excluding hydrogens is 354 g/mol. The summed E-state index contributed by atoms with van der Waals surface area (Å²) in [7, 11) is 0. The maximum absolute atomic E-state index is 12.2. The van der Waals surface area contributed by atoms with Crippen molar-refractivity contribution >= 4 is 11.6 Å². The number of nitrogens with one attached hydrogen (secondary N) is 1. The van der Waals surface area contributed by atoms with Gasteiger partial charge in [-0.05, 0) is 41.8 Å². The maximum Gasteiger partial charge on any atom is 0.262 e. The first-order chi connectivity index (χ1) is 13.4. The van der Waals surface area contributed by atoms with Crippen LogP contribution < -0.4 is 10.1 Å². The molecule has 6 nitrogen and oxygen atoms in total. The molecule has 0 saturated carbocycles. The van der Waals surface area contributed by atoms with Crippen molar-refractivity contribution in [2.75, 3.05) is 11.9 Å². The molecule has 28 heavy (non-hydrogen) atoms. The maximum atomic E-state index is 12.2. The van der Waals surface area contributed by atoms with Gasteiger partial charge in [0.15, 0.2) is 12.4 Å². The molecule has 0 unspecified atom stereocenters. The number of nitrogens with zero attached hydrogens (tertiary/aromatic N) is 2. The van der Waals surface area contributed by atoms with Crippen LogP contribution in [0.2, 0.25) is 0 Å². The second-order valence-electron chi connectivity index (χ2n) is 7.25. The van der Waals surface area contributed by atoms with Crippen molar-refractivity contribution in [3.63, 3.8) is 0 Å². The van der Waals surface area contributed by atoms with E-state index >= 15 is 0 Å². The van der Waals surface area contributed by atoms with Crippen molar-refractivity contribution < 1.29 is 14.1 Å². The molecule has 3 rings (SSSR count). The van der Waals surface area contributed by atoms with E-state index in [1.165, 1.54) is 5.56 Å². The largest absolute Gasteiger partial charge is 0.484 e. The van der Waals surface area contributed by atoms with Crippen molar-refractivity contribution in [3.8, 4) is 17.2 Å². The second kappa shape index (κ2) is 8.69. The lowest BCUT2D eigenvalue weighted by Crippen LogP contribution is -2.20. The molecule has 1 N–H and O–H groups in total. The molecule has 0 spiro atoms. The third-order valence-electron chi connectivity index (χ3n) is 4.27. The standard InChI is InChI=1S/C22H25N3O3/c1-14(2)16-8-10-18(11-9-16)23-20(26)13-27-19-7-5-6-17(12-19)22-24-21(15(3)4)25-28-22/h5-12,14-15H,13H2,1-4H3,(H,23,26). The van der Waals surface area contributed by atoms with Crippen LogP contribution in [0.4, 0.5) is 5.69 Å². The summed E-state index contributed by atoms with van der Waals surface area (Å²) >= 11 is 0. The number of anilines is 1.